The third-order valence-electron chi connectivity index (χ3n) is 3.00. The molecule has 0 aromatic heterocycles. The van der Waals surface area contributed by atoms with Crippen LogP contribution < -0.4 is 5.32 Å². The van der Waals surface area contributed by atoms with Gasteiger partial charge in [-0.15, -0.1) is 0 Å². The Balaban J connectivity index is 2.15. The molecule has 1 N–H and O–H groups in total. The fourth-order valence-electron chi connectivity index (χ4n) is 2.00. The first-order valence-electron chi connectivity index (χ1n) is 5.63. The molecular weight excluding hydrogens is 241 g/mol. The van der Waals surface area contributed by atoms with Gasteiger partial charge in [-0.3, -0.25) is 4.21 Å². The average molecular weight is 257 g/mol. The van der Waals surface area contributed by atoms with Crippen molar-refractivity contribution in [3.8, 4) is 0 Å². The van der Waals surface area contributed by atoms with E-state index in [1.54, 1.807) is 12.1 Å². The van der Waals surface area contributed by atoms with Crippen molar-refractivity contribution in [3.63, 3.8) is 0 Å². The second-order valence-corrected chi connectivity index (χ2v) is 5.72. The Hall–Kier alpha value is -0.780. The van der Waals surface area contributed by atoms with Gasteiger partial charge in [0, 0.05) is 17.5 Å². The second-order valence-electron chi connectivity index (χ2n) is 4.05. The van der Waals surface area contributed by atoms with Gasteiger partial charge in [0.2, 0.25) is 0 Å². The fraction of sp³-hybridized carbons (Fsp3) is 0.500. The molecule has 2 rings (SSSR count). The summed E-state index contributed by atoms with van der Waals surface area (Å²) < 4.78 is 30.5. The van der Waals surface area contributed by atoms with Gasteiger partial charge < -0.3 is 10.1 Å². The molecule has 3 unspecified atom stereocenters. The van der Waals surface area contributed by atoms with E-state index in [4.69, 9.17) is 4.74 Å². The molecule has 17 heavy (non-hydrogen) atoms. The highest BCUT2D eigenvalue weighted by molar-refractivity contribution is 7.85. The average Bonchev–Trinajstić information content (AvgIpc) is 2.39. The molecule has 1 aliphatic heterocycles. The van der Waals surface area contributed by atoms with E-state index in [9.17, 15) is 8.60 Å². The van der Waals surface area contributed by atoms with E-state index >= 15 is 0 Å². The maximum atomic E-state index is 12.8. The molecule has 1 aliphatic rings. The highest BCUT2D eigenvalue weighted by atomic mass is 32.2. The van der Waals surface area contributed by atoms with Crippen LogP contribution in [0.4, 0.5) is 4.39 Å². The van der Waals surface area contributed by atoms with Gasteiger partial charge in [0.1, 0.15) is 5.82 Å². The Morgan fingerprint density at radius 1 is 1.41 bits per heavy atom. The molecule has 0 spiro atoms. The van der Waals surface area contributed by atoms with E-state index in [1.807, 2.05) is 7.05 Å². The largest absolute Gasteiger partial charge is 0.380 e. The molecule has 1 saturated heterocycles. The number of benzene rings is 1. The van der Waals surface area contributed by atoms with Crippen molar-refractivity contribution in [1.29, 1.82) is 0 Å². The molecule has 0 aliphatic carbocycles. The van der Waals surface area contributed by atoms with Gasteiger partial charge in [0.25, 0.3) is 0 Å². The van der Waals surface area contributed by atoms with Crippen molar-refractivity contribution in [2.24, 2.45) is 0 Å². The van der Waals surface area contributed by atoms with Crippen molar-refractivity contribution in [3.05, 3.63) is 30.1 Å². The number of rotatable bonds is 3. The van der Waals surface area contributed by atoms with Crippen LogP contribution in [0.2, 0.25) is 0 Å². The Kier molecular flexibility index (Phi) is 4.25. The minimum absolute atomic E-state index is 0.0702. The predicted molar refractivity (Wildman–Crippen MR) is 64.9 cm³/mol. The van der Waals surface area contributed by atoms with Gasteiger partial charge in [-0.25, -0.2) is 4.39 Å². The van der Waals surface area contributed by atoms with Crippen LogP contribution in [0.15, 0.2) is 29.2 Å². The van der Waals surface area contributed by atoms with Crippen molar-refractivity contribution in [2.75, 3.05) is 20.3 Å². The molecule has 0 amide bonds. The maximum Gasteiger partial charge on any atom is 0.123 e. The summed E-state index contributed by atoms with van der Waals surface area (Å²) in [4.78, 5) is 0.655. The van der Waals surface area contributed by atoms with E-state index in [0.29, 0.717) is 18.1 Å². The van der Waals surface area contributed by atoms with Crippen molar-refractivity contribution >= 4 is 10.8 Å². The summed E-state index contributed by atoms with van der Waals surface area (Å²) >= 11 is 0. The number of nitrogens with one attached hydrogen (secondary N) is 1. The summed E-state index contributed by atoms with van der Waals surface area (Å²) in [6.45, 7) is 1.18. The summed E-state index contributed by atoms with van der Waals surface area (Å²) in [5.74, 6) is -0.309. The van der Waals surface area contributed by atoms with E-state index in [0.717, 1.165) is 6.42 Å². The highest BCUT2D eigenvalue weighted by Crippen LogP contribution is 2.19. The number of hydrogen-bond donors (Lipinski definition) is 1. The molecule has 0 radical (unpaired) electrons. The molecule has 1 aromatic rings. The summed E-state index contributed by atoms with van der Waals surface area (Å²) in [5.41, 5.74) is 0. The van der Waals surface area contributed by atoms with E-state index in [-0.39, 0.29) is 17.1 Å². The van der Waals surface area contributed by atoms with Crippen molar-refractivity contribution < 1.29 is 13.3 Å². The number of hydrogen-bond acceptors (Lipinski definition) is 3. The van der Waals surface area contributed by atoms with Crippen LogP contribution in [-0.2, 0) is 15.5 Å². The minimum atomic E-state index is -1.16. The normalized spacial score (nSPS) is 26.7. The molecule has 3 atom stereocenters. The first kappa shape index (κ1) is 12.7. The molecule has 1 heterocycles. The SMILES string of the molecule is CNC1CCOCC1S(=O)c1ccc(F)cc1. The summed E-state index contributed by atoms with van der Waals surface area (Å²) in [7, 11) is 0.704. The minimum Gasteiger partial charge on any atom is -0.380 e. The van der Waals surface area contributed by atoms with Crippen LogP contribution in [0.3, 0.4) is 0 Å². The molecule has 0 bridgehead atoms. The molecule has 1 fully saturated rings. The molecule has 5 heteroatoms. The standard InChI is InChI=1S/C12H16FNO2S/c1-14-11-6-7-16-8-12(11)17(15)10-4-2-9(13)3-5-10/h2-5,11-12,14H,6-8H2,1H3. The highest BCUT2D eigenvalue weighted by Gasteiger charge is 2.30. The lowest BCUT2D eigenvalue weighted by atomic mass is 10.1. The van der Waals surface area contributed by atoms with Crippen molar-refractivity contribution in [1.82, 2.24) is 5.32 Å². The Bertz CT molecular complexity index is 396. The third kappa shape index (κ3) is 2.91. The lowest BCUT2D eigenvalue weighted by Gasteiger charge is -2.30. The quantitative estimate of drug-likeness (QED) is 0.887. The van der Waals surface area contributed by atoms with Gasteiger partial charge in [-0.2, -0.15) is 0 Å². The molecular formula is C12H16FNO2S. The summed E-state index contributed by atoms with van der Waals surface area (Å²) in [5, 5.41) is 3.10. The van der Waals surface area contributed by atoms with Gasteiger partial charge in [0.05, 0.1) is 22.7 Å². The Morgan fingerprint density at radius 2 is 2.12 bits per heavy atom. The molecule has 1 aromatic carbocycles. The zero-order valence-electron chi connectivity index (χ0n) is 9.69. The number of ether oxygens (including phenoxy) is 1. The van der Waals surface area contributed by atoms with E-state index in [2.05, 4.69) is 5.32 Å². The molecule has 94 valence electrons. The van der Waals surface area contributed by atoms with Crippen molar-refractivity contribution in [2.45, 2.75) is 22.6 Å². The van der Waals surface area contributed by atoms with Crippen LogP contribution in [0.1, 0.15) is 6.42 Å². The van der Waals surface area contributed by atoms with Gasteiger partial charge >= 0.3 is 0 Å². The molecule has 0 saturated carbocycles. The monoisotopic (exact) mass is 257 g/mol. The van der Waals surface area contributed by atoms with E-state index < -0.39 is 10.8 Å². The maximum absolute atomic E-state index is 12.8. The lowest BCUT2D eigenvalue weighted by Crippen LogP contribution is -2.47. The zero-order valence-corrected chi connectivity index (χ0v) is 10.5. The Labute approximate surface area is 103 Å². The Morgan fingerprint density at radius 3 is 2.76 bits per heavy atom. The third-order valence-corrected chi connectivity index (χ3v) is 4.75. The second kappa shape index (κ2) is 5.71. The smallest absolute Gasteiger partial charge is 0.123 e. The topological polar surface area (TPSA) is 38.3 Å². The lowest BCUT2D eigenvalue weighted by molar-refractivity contribution is 0.0838. The van der Waals surface area contributed by atoms with Crippen LogP contribution in [0, 0.1) is 5.82 Å². The van der Waals surface area contributed by atoms with Crippen LogP contribution in [0.25, 0.3) is 0 Å². The van der Waals surface area contributed by atoms with Crippen LogP contribution in [-0.4, -0.2) is 35.8 Å². The van der Waals surface area contributed by atoms with Crippen LogP contribution >= 0.6 is 0 Å². The van der Waals surface area contributed by atoms with Gasteiger partial charge in [-0.1, -0.05) is 0 Å². The summed E-state index contributed by atoms with van der Waals surface area (Å²) in [6.07, 6.45) is 0.855. The summed E-state index contributed by atoms with van der Waals surface area (Å²) in [6, 6.07) is 6.02. The van der Waals surface area contributed by atoms with Crippen LogP contribution in [0.5, 0.6) is 0 Å². The molecule has 3 nitrogen and oxygen atoms in total. The first-order valence-corrected chi connectivity index (χ1v) is 6.85. The van der Waals surface area contributed by atoms with E-state index in [1.165, 1.54) is 12.1 Å². The first-order chi connectivity index (χ1) is 8.22. The van der Waals surface area contributed by atoms with Gasteiger partial charge in [-0.05, 0) is 37.7 Å². The number of halogens is 1. The fourth-order valence-corrected chi connectivity index (χ4v) is 3.54. The van der Waals surface area contributed by atoms with Gasteiger partial charge in [0.15, 0.2) is 0 Å². The predicted octanol–water partition coefficient (Wildman–Crippen LogP) is 1.31. The zero-order chi connectivity index (χ0) is 12.3.